The van der Waals surface area contributed by atoms with Crippen molar-refractivity contribution in [1.82, 2.24) is 14.9 Å². The summed E-state index contributed by atoms with van der Waals surface area (Å²) in [4.78, 5) is 18.0. The highest BCUT2D eigenvalue weighted by Gasteiger charge is 2.18. The zero-order valence-electron chi connectivity index (χ0n) is 15.3. The van der Waals surface area contributed by atoms with E-state index in [1.165, 1.54) is 0 Å². The van der Waals surface area contributed by atoms with Crippen molar-refractivity contribution in [2.24, 2.45) is 0 Å². The number of nitrogens with zero attached hydrogens (tertiary/aromatic N) is 2. The second-order valence-electron chi connectivity index (χ2n) is 6.27. The van der Waals surface area contributed by atoms with Gasteiger partial charge in [-0.15, -0.1) is 0 Å². The van der Waals surface area contributed by atoms with Gasteiger partial charge >= 0.3 is 0 Å². The number of aromatic nitrogens is 2. The van der Waals surface area contributed by atoms with Crippen LogP contribution < -0.4 is 10.9 Å². The summed E-state index contributed by atoms with van der Waals surface area (Å²) in [6, 6.07) is 17.6. The fraction of sp³-hybridized carbons (Fsp3) is 0.333. The van der Waals surface area contributed by atoms with Crippen molar-refractivity contribution in [3.05, 3.63) is 76.3 Å². The smallest absolute Gasteiger partial charge is 0.261 e. The van der Waals surface area contributed by atoms with Gasteiger partial charge in [0.2, 0.25) is 0 Å². The molecule has 0 unspecified atom stereocenters. The van der Waals surface area contributed by atoms with E-state index in [4.69, 9.17) is 9.72 Å². The van der Waals surface area contributed by atoms with Gasteiger partial charge in [0, 0.05) is 13.7 Å². The highest BCUT2D eigenvalue weighted by molar-refractivity contribution is 5.77. The van der Waals surface area contributed by atoms with Crippen LogP contribution in [0.3, 0.4) is 0 Å². The summed E-state index contributed by atoms with van der Waals surface area (Å²) in [7, 11) is 1.68. The molecule has 136 valence electrons. The Balaban J connectivity index is 2.09. The van der Waals surface area contributed by atoms with Crippen molar-refractivity contribution in [1.29, 1.82) is 0 Å². The van der Waals surface area contributed by atoms with Crippen LogP contribution in [0.4, 0.5) is 0 Å². The predicted molar refractivity (Wildman–Crippen MR) is 104 cm³/mol. The van der Waals surface area contributed by atoms with Gasteiger partial charge in [0.25, 0.3) is 5.56 Å². The van der Waals surface area contributed by atoms with Crippen LogP contribution >= 0.6 is 0 Å². The summed E-state index contributed by atoms with van der Waals surface area (Å²) in [5.74, 6) is 0.774. The van der Waals surface area contributed by atoms with Crippen molar-refractivity contribution >= 4 is 10.9 Å². The van der Waals surface area contributed by atoms with Gasteiger partial charge in [-0.3, -0.25) is 9.36 Å². The molecule has 1 N–H and O–H groups in total. The largest absolute Gasteiger partial charge is 0.383 e. The summed E-state index contributed by atoms with van der Waals surface area (Å²) in [5, 5.41) is 4.11. The minimum Gasteiger partial charge on any atom is -0.383 e. The number of fused-ring (bicyclic) bond motifs is 1. The molecule has 5 nitrogen and oxygen atoms in total. The average Bonchev–Trinajstić information content (AvgIpc) is 2.68. The van der Waals surface area contributed by atoms with Gasteiger partial charge in [-0.2, -0.15) is 0 Å². The Hall–Kier alpha value is -2.50. The zero-order chi connectivity index (χ0) is 18.4. The molecule has 2 aromatic carbocycles. The molecule has 5 heteroatoms. The normalized spacial score (nSPS) is 12.4. The monoisotopic (exact) mass is 351 g/mol. The standard InChI is InChI=1S/C21H25N3O2/c1-3-18(22-13-14-26-2)20-23-19-12-8-7-11-17(19)21(25)24(20)15-16-9-5-4-6-10-16/h4-12,18,22H,3,13-15H2,1-2H3/t18-/m1/s1. The quantitative estimate of drug-likeness (QED) is 0.634. The Morgan fingerprint density at radius 1 is 1.12 bits per heavy atom. The second-order valence-corrected chi connectivity index (χ2v) is 6.27. The maximum Gasteiger partial charge on any atom is 0.261 e. The number of para-hydroxylation sites is 1. The van der Waals surface area contributed by atoms with Gasteiger partial charge < -0.3 is 10.1 Å². The maximum atomic E-state index is 13.2. The Bertz CT molecular complexity index is 906. The first-order chi connectivity index (χ1) is 12.7. The van der Waals surface area contributed by atoms with Gasteiger partial charge in [0.1, 0.15) is 5.82 Å². The number of hydrogen-bond acceptors (Lipinski definition) is 4. The van der Waals surface area contributed by atoms with Crippen molar-refractivity contribution in [3.8, 4) is 0 Å². The Labute approximate surface area is 153 Å². The SMILES string of the molecule is CC[C@@H](NCCOC)c1nc2ccccc2c(=O)n1Cc1ccccc1. The Kier molecular flexibility index (Phi) is 6.15. The molecule has 0 amide bonds. The van der Waals surface area contributed by atoms with E-state index in [0.717, 1.165) is 23.3 Å². The number of ether oxygens (including phenoxy) is 1. The first-order valence-corrected chi connectivity index (χ1v) is 9.00. The van der Waals surface area contributed by atoms with Crippen LogP contribution in [0.25, 0.3) is 10.9 Å². The number of hydrogen-bond donors (Lipinski definition) is 1. The first-order valence-electron chi connectivity index (χ1n) is 9.00. The molecular formula is C21H25N3O2. The summed E-state index contributed by atoms with van der Waals surface area (Å²) < 4.78 is 6.94. The van der Waals surface area contributed by atoms with Gasteiger partial charge in [-0.05, 0) is 24.1 Å². The molecule has 0 fully saturated rings. The molecule has 0 radical (unpaired) electrons. The van der Waals surface area contributed by atoms with Crippen molar-refractivity contribution in [2.45, 2.75) is 25.9 Å². The van der Waals surface area contributed by atoms with E-state index in [-0.39, 0.29) is 11.6 Å². The number of methoxy groups -OCH3 is 1. The molecule has 26 heavy (non-hydrogen) atoms. The second kappa shape index (κ2) is 8.74. The predicted octanol–water partition coefficient (Wildman–Crippen LogP) is 3.13. The first kappa shape index (κ1) is 18.3. The molecule has 3 aromatic rings. The Morgan fingerprint density at radius 2 is 1.85 bits per heavy atom. The van der Waals surface area contributed by atoms with Gasteiger partial charge in [-0.1, -0.05) is 49.4 Å². The lowest BCUT2D eigenvalue weighted by atomic mass is 10.1. The van der Waals surface area contributed by atoms with E-state index in [9.17, 15) is 4.79 Å². The molecule has 3 rings (SSSR count). The van der Waals surface area contributed by atoms with Gasteiger partial charge in [0.05, 0.1) is 30.1 Å². The lowest BCUT2D eigenvalue weighted by molar-refractivity contribution is 0.194. The van der Waals surface area contributed by atoms with E-state index in [1.807, 2.05) is 54.6 Å². The molecule has 0 spiro atoms. The van der Waals surface area contributed by atoms with Crippen molar-refractivity contribution in [3.63, 3.8) is 0 Å². The van der Waals surface area contributed by atoms with Crippen LogP contribution in [0.1, 0.15) is 30.8 Å². The lowest BCUT2D eigenvalue weighted by Crippen LogP contribution is -2.33. The minimum absolute atomic E-state index is 0.00134. The molecule has 1 heterocycles. The highest BCUT2D eigenvalue weighted by Crippen LogP contribution is 2.18. The average molecular weight is 351 g/mol. The number of rotatable bonds is 8. The fourth-order valence-electron chi connectivity index (χ4n) is 3.12. The minimum atomic E-state index is -0.00818. The molecule has 0 saturated heterocycles. The van der Waals surface area contributed by atoms with Crippen LogP contribution in [0.5, 0.6) is 0 Å². The summed E-state index contributed by atoms with van der Waals surface area (Å²) >= 11 is 0. The van der Waals surface area contributed by atoms with Crippen LogP contribution in [0.15, 0.2) is 59.4 Å². The third kappa shape index (κ3) is 4.00. The topological polar surface area (TPSA) is 56.1 Å². The summed E-state index contributed by atoms with van der Waals surface area (Å²) in [5.41, 5.74) is 1.82. The van der Waals surface area contributed by atoms with E-state index in [1.54, 1.807) is 11.7 Å². The van der Waals surface area contributed by atoms with Crippen molar-refractivity contribution in [2.75, 3.05) is 20.3 Å². The van der Waals surface area contributed by atoms with E-state index in [0.29, 0.717) is 25.1 Å². The molecule has 0 saturated carbocycles. The molecule has 0 aliphatic carbocycles. The maximum absolute atomic E-state index is 13.2. The number of benzene rings is 2. The van der Waals surface area contributed by atoms with Crippen LogP contribution in [0.2, 0.25) is 0 Å². The highest BCUT2D eigenvalue weighted by atomic mass is 16.5. The third-order valence-electron chi connectivity index (χ3n) is 4.49. The molecule has 1 aromatic heterocycles. The fourth-order valence-corrected chi connectivity index (χ4v) is 3.12. The van der Waals surface area contributed by atoms with Crippen molar-refractivity contribution < 1.29 is 4.74 Å². The van der Waals surface area contributed by atoms with Gasteiger partial charge in [-0.25, -0.2) is 4.98 Å². The van der Waals surface area contributed by atoms with Crippen LogP contribution in [-0.2, 0) is 11.3 Å². The van der Waals surface area contributed by atoms with E-state index < -0.39 is 0 Å². The van der Waals surface area contributed by atoms with E-state index in [2.05, 4.69) is 12.2 Å². The van der Waals surface area contributed by atoms with Crippen LogP contribution in [-0.4, -0.2) is 29.8 Å². The lowest BCUT2D eigenvalue weighted by Gasteiger charge is -2.21. The van der Waals surface area contributed by atoms with E-state index >= 15 is 0 Å². The zero-order valence-corrected chi connectivity index (χ0v) is 15.3. The molecule has 0 aliphatic rings. The number of nitrogens with one attached hydrogen (secondary N) is 1. The van der Waals surface area contributed by atoms with Crippen LogP contribution in [0, 0.1) is 0 Å². The third-order valence-corrected chi connectivity index (χ3v) is 4.49. The molecule has 0 bridgehead atoms. The molecule has 1 atom stereocenters. The Morgan fingerprint density at radius 3 is 2.58 bits per heavy atom. The molecule has 0 aliphatic heterocycles. The summed E-state index contributed by atoms with van der Waals surface area (Å²) in [6.07, 6.45) is 0.837. The molecular weight excluding hydrogens is 326 g/mol. The summed E-state index contributed by atoms with van der Waals surface area (Å²) in [6.45, 7) is 3.93. The van der Waals surface area contributed by atoms with Gasteiger partial charge in [0.15, 0.2) is 0 Å².